The number of nitrogens with zero attached hydrogens (tertiary/aromatic N) is 3. The summed E-state index contributed by atoms with van der Waals surface area (Å²) >= 11 is 5.91. The minimum Gasteiger partial charge on any atom is -0.481 e. The van der Waals surface area contributed by atoms with E-state index in [1.54, 1.807) is 0 Å². The van der Waals surface area contributed by atoms with E-state index >= 15 is 0 Å². The maximum absolute atomic E-state index is 13.0. The van der Waals surface area contributed by atoms with Gasteiger partial charge in [0.25, 0.3) is 0 Å². The zero-order valence-electron chi connectivity index (χ0n) is 9.18. The molecule has 0 unspecified atom stereocenters. The van der Waals surface area contributed by atoms with Crippen molar-refractivity contribution in [1.82, 2.24) is 15.0 Å². The molecule has 0 amide bonds. The lowest BCUT2D eigenvalue weighted by Crippen LogP contribution is -2.02. The second kappa shape index (κ2) is 5.14. The lowest BCUT2D eigenvalue weighted by molar-refractivity contribution is -0.136. The Morgan fingerprint density at radius 3 is 3.00 bits per heavy atom. The molecular weight excluding hydrogens is 261 g/mol. The molecule has 0 atom stereocenters. The van der Waals surface area contributed by atoms with Gasteiger partial charge in [-0.3, -0.25) is 4.79 Å². The molecule has 0 bridgehead atoms. The van der Waals surface area contributed by atoms with Crippen molar-refractivity contribution < 1.29 is 14.3 Å². The monoisotopic (exact) mass is 269 g/mol. The molecule has 0 spiro atoms. The first kappa shape index (κ1) is 12.5. The Kier molecular flexibility index (Phi) is 3.57. The molecular formula is C11H9ClFN3O2. The topological polar surface area (TPSA) is 68.0 Å². The van der Waals surface area contributed by atoms with Crippen molar-refractivity contribution in [1.29, 1.82) is 0 Å². The summed E-state index contributed by atoms with van der Waals surface area (Å²) in [5, 5.41) is 16.5. The number of carbonyl (C=O) groups is 1. The van der Waals surface area contributed by atoms with Crippen LogP contribution in [-0.4, -0.2) is 26.1 Å². The Labute approximate surface area is 107 Å². The van der Waals surface area contributed by atoms with Crippen LogP contribution in [0.4, 0.5) is 4.39 Å². The molecule has 1 aromatic carbocycles. The number of rotatable bonds is 4. The predicted octanol–water partition coefficient (Wildman–Crippen LogP) is 1.75. The third kappa shape index (κ3) is 3.04. The highest BCUT2D eigenvalue weighted by atomic mass is 35.5. The van der Waals surface area contributed by atoms with Crippen LogP contribution in [0.1, 0.15) is 11.3 Å². The number of benzene rings is 1. The first-order valence-electron chi connectivity index (χ1n) is 5.09. The normalized spacial score (nSPS) is 10.6. The van der Waals surface area contributed by atoms with Gasteiger partial charge in [0, 0.05) is 11.2 Å². The van der Waals surface area contributed by atoms with E-state index in [0.29, 0.717) is 16.3 Å². The fourth-order valence-corrected chi connectivity index (χ4v) is 1.67. The summed E-state index contributed by atoms with van der Waals surface area (Å²) in [6, 6.07) is 4.03. The summed E-state index contributed by atoms with van der Waals surface area (Å²) < 4.78 is 14.5. The first-order valence-corrected chi connectivity index (χ1v) is 5.47. The van der Waals surface area contributed by atoms with E-state index in [9.17, 15) is 9.18 Å². The molecule has 7 heteroatoms. The molecule has 94 valence electrons. The average molecular weight is 270 g/mol. The summed E-state index contributed by atoms with van der Waals surface area (Å²) in [5.74, 6) is -1.37. The van der Waals surface area contributed by atoms with E-state index in [4.69, 9.17) is 16.7 Å². The lowest BCUT2D eigenvalue weighted by Gasteiger charge is -2.03. The van der Waals surface area contributed by atoms with Crippen LogP contribution in [0.5, 0.6) is 0 Å². The Hall–Kier alpha value is -1.95. The second-order valence-electron chi connectivity index (χ2n) is 3.71. The standard InChI is InChI=1S/C11H9ClFN3O2/c12-10-2-1-8(13)3-7(10)5-16-6-9(14-15-16)4-11(17)18/h1-3,6H,4-5H2,(H,17,18). The Balaban J connectivity index is 2.16. The van der Waals surface area contributed by atoms with Crippen molar-refractivity contribution in [3.63, 3.8) is 0 Å². The van der Waals surface area contributed by atoms with Gasteiger partial charge < -0.3 is 5.11 Å². The van der Waals surface area contributed by atoms with Crippen LogP contribution in [0, 0.1) is 5.82 Å². The molecule has 1 heterocycles. The number of carboxylic acids is 1. The maximum atomic E-state index is 13.0. The number of halogens is 2. The molecule has 0 fully saturated rings. The SMILES string of the molecule is O=C(O)Cc1cn(Cc2cc(F)ccc2Cl)nn1. The second-order valence-corrected chi connectivity index (χ2v) is 4.12. The molecule has 5 nitrogen and oxygen atoms in total. The van der Waals surface area contributed by atoms with Crippen molar-refractivity contribution in [2.24, 2.45) is 0 Å². The number of carboxylic acid groups (broad SMARTS) is 1. The van der Waals surface area contributed by atoms with Gasteiger partial charge in [-0.25, -0.2) is 9.07 Å². The van der Waals surface area contributed by atoms with Crippen LogP contribution in [0.3, 0.4) is 0 Å². The van der Waals surface area contributed by atoms with Gasteiger partial charge in [0.2, 0.25) is 0 Å². The van der Waals surface area contributed by atoms with Gasteiger partial charge in [0.05, 0.1) is 18.7 Å². The predicted molar refractivity (Wildman–Crippen MR) is 61.9 cm³/mol. The maximum Gasteiger partial charge on any atom is 0.309 e. The van der Waals surface area contributed by atoms with Crippen molar-refractivity contribution >= 4 is 17.6 Å². The average Bonchev–Trinajstić information content (AvgIpc) is 2.70. The molecule has 2 rings (SSSR count). The van der Waals surface area contributed by atoms with Gasteiger partial charge in [-0.05, 0) is 23.8 Å². The van der Waals surface area contributed by atoms with Crippen LogP contribution < -0.4 is 0 Å². The fraction of sp³-hybridized carbons (Fsp3) is 0.182. The fourth-order valence-electron chi connectivity index (χ4n) is 1.49. The molecule has 18 heavy (non-hydrogen) atoms. The van der Waals surface area contributed by atoms with Gasteiger partial charge in [0.1, 0.15) is 5.82 Å². The first-order chi connectivity index (χ1) is 8.54. The molecule has 1 N–H and O–H groups in total. The molecule has 0 aliphatic carbocycles. The quantitative estimate of drug-likeness (QED) is 0.918. The van der Waals surface area contributed by atoms with Crippen LogP contribution in [0.2, 0.25) is 5.02 Å². The number of aromatic nitrogens is 3. The van der Waals surface area contributed by atoms with E-state index in [2.05, 4.69) is 10.3 Å². The zero-order chi connectivity index (χ0) is 13.1. The molecule has 0 aliphatic heterocycles. The van der Waals surface area contributed by atoms with Gasteiger partial charge in [-0.15, -0.1) is 5.10 Å². The summed E-state index contributed by atoms with van der Waals surface area (Å²) in [4.78, 5) is 10.5. The number of hydrogen-bond acceptors (Lipinski definition) is 3. The summed E-state index contributed by atoms with van der Waals surface area (Å²) in [5.41, 5.74) is 0.901. The van der Waals surface area contributed by atoms with Crippen LogP contribution >= 0.6 is 11.6 Å². The minimum atomic E-state index is -0.981. The van der Waals surface area contributed by atoms with E-state index < -0.39 is 5.97 Å². The van der Waals surface area contributed by atoms with Crippen LogP contribution in [0.25, 0.3) is 0 Å². The summed E-state index contributed by atoms with van der Waals surface area (Å²) in [6.45, 7) is 0.239. The largest absolute Gasteiger partial charge is 0.481 e. The van der Waals surface area contributed by atoms with Crippen molar-refractivity contribution in [3.8, 4) is 0 Å². The minimum absolute atomic E-state index is 0.198. The van der Waals surface area contributed by atoms with E-state index in [1.807, 2.05) is 0 Å². The Morgan fingerprint density at radius 1 is 1.50 bits per heavy atom. The van der Waals surface area contributed by atoms with E-state index in [0.717, 1.165) is 0 Å². The Bertz CT molecular complexity index is 585. The molecule has 0 radical (unpaired) electrons. The smallest absolute Gasteiger partial charge is 0.309 e. The highest BCUT2D eigenvalue weighted by Gasteiger charge is 2.08. The zero-order valence-corrected chi connectivity index (χ0v) is 9.93. The highest BCUT2D eigenvalue weighted by molar-refractivity contribution is 6.31. The highest BCUT2D eigenvalue weighted by Crippen LogP contribution is 2.17. The van der Waals surface area contributed by atoms with Crippen molar-refractivity contribution in [2.75, 3.05) is 0 Å². The molecule has 0 aliphatic rings. The summed E-state index contributed by atoms with van der Waals surface area (Å²) in [6.07, 6.45) is 1.30. The van der Waals surface area contributed by atoms with E-state index in [1.165, 1.54) is 29.1 Å². The van der Waals surface area contributed by atoms with Crippen LogP contribution in [-0.2, 0) is 17.8 Å². The molecule has 0 saturated heterocycles. The molecule has 1 aromatic heterocycles. The van der Waals surface area contributed by atoms with Crippen LogP contribution in [0.15, 0.2) is 24.4 Å². The van der Waals surface area contributed by atoms with Crippen molar-refractivity contribution in [2.45, 2.75) is 13.0 Å². The lowest BCUT2D eigenvalue weighted by atomic mass is 10.2. The Morgan fingerprint density at radius 2 is 2.28 bits per heavy atom. The summed E-state index contributed by atoms with van der Waals surface area (Å²) in [7, 11) is 0. The van der Waals surface area contributed by atoms with Gasteiger partial charge >= 0.3 is 5.97 Å². The van der Waals surface area contributed by atoms with E-state index in [-0.39, 0.29) is 18.8 Å². The number of hydrogen-bond donors (Lipinski definition) is 1. The van der Waals surface area contributed by atoms with Gasteiger partial charge in [-0.2, -0.15) is 0 Å². The van der Waals surface area contributed by atoms with Gasteiger partial charge in [0.15, 0.2) is 0 Å². The third-order valence-electron chi connectivity index (χ3n) is 2.26. The third-order valence-corrected chi connectivity index (χ3v) is 2.63. The molecule has 0 saturated carbocycles. The van der Waals surface area contributed by atoms with Gasteiger partial charge in [-0.1, -0.05) is 16.8 Å². The molecule has 2 aromatic rings. The van der Waals surface area contributed by atoms with Crippen molar-refractivity contribution in [3.05, 3.63) is 46.5 Å². The number of aliphatic carboxylic acids is 1.